The maximum atomic E-state index is 9.63. The molecule has 1 aromatic carbocycles. The van der Waals surface area contributed by atoms with Crippen LogP contribution >= 0.6 is 15.9 Å². The molecule has 1 aromatic rings. The van der Waals surface area contributed by atoms with E-state index < -0.39 is 6.10 Å². The number of halogens is 1. The Balaban J connectivity index is 2.48. The summed E-state index contributed by atoms with van der Waals surface area (Å²) >= 11 is 3.36. The quantitative estimate of drug-likeness (QED) is 0.704. The third-order valence-electron chi connectivity index (χ3n) is 2.29. The Morgan fingerprint density at radius 2 is 2.25 bits per heavy atom. The van der Waals surface area contributed by atoms with Gasteiger partial charge in [-0.3, -0.25) is 0 Å². The van der Waals surface area contributed by atoms with Crippen molar-refractivity contribution in [3.8, 4) is 0 Å². The molecule has 2 rings (SSSR count). The number of nitrogens with two attached hydrogens (primary N) is 1. The van der Waals surface area contributed by atoms with Crippen molar-refractivity contribution in [3.05, 3.63) is 33.8 Å². The van der Waals surface area contributed by atoms with Crippen molar-refractivity contribution in [1.82, 2.24) is 0 Å². The molecule has 12 heavy (non-hydrogen) atoms. The van der Waals surface area contributed by atoms with Crippen LogP contribution in [-0.2, 0) is 6.42 Å². The zero-order valence-electron chi connectivity index (χ0n) is 6.50. The highest BCUT2D eigenvalue weighted by Crippen LogP contribution is 2.31. The van der Waals surface area contributed by atoms with Gasteiger partial charge < -0.3 is 10.8 Å². The van der Waals surface area contributed by atoms with Gasteiger partial charge in [0.25, 0.3) is 0 Å². The minimum absolute atomic E-state index is 0.130. The summed E-state index contributed by atoms with van der Waals surface area (Å²) < 4.78 is 0.995. The van der Waals surface area contributed by atoms with Crippen molar-refractivity contribution < 1.29 is 5.11 Å². The van der Waals surface area contributed by atoms with Gasteiger partial charge in [0, 0.05) is 10.5 Å². The van der Waals surface area contributed by atoms with E-state index in [0.717, 1.165) is 16.5 Å². The molecule has 0 bridgehead atoms. The summed E-state index contributed by atoms with van der Waals surface area (Å²) in [6.45, 7) is 0. The highest BCUT2D eigenvalue weighted by Gasteiger charge is 2.27. The van der Waals surface area contributed by atoms with Crippen LogP contribution in [0.15, 0.2) is 22.7 Å². The second-order valence-electron chi connectivity index (χ2n) is 3.16. The number of hydrogen-bond acceptors (Lipinski definition) is 2. The van der Waals surface area contributed by atoms with Gasteiger partial charge in [-0.15, -0.1) is 0 Å². The van der Waals surface area contributed by atoms with Crippen LogP contribution in [0.25, 0.3) is 0 Å². The van der Waals surface area contributed by atoms with E-state index in [1.165, 1.54) is 5.56 Å². The van der Waals surface area contributed by atoms with Crippen molar-refractivity contribution in [2.75, 3.05) is 0 Å². The summed E-state index contributed by atoms with van der Waals surface area (Å²) in [6, 6.07) is 5.79. The van der Waals surface area contributed by atoms with Crippen molar-refractivity contribution in [2.45, 2.75) is 18.6 Å². The van der Waals surface area contributed by atoms with Gasteiger partial charge in [0.2, 0.25) is 0 Å². The van der Waals surface area contributed by atoms with Crippen LogP contribution in [0.3, 0.4) is 0 Å². The van der Waals surface area contributed by atoms with E-state index >= 15 is 0 Å². The molecule has 2 atom stereocenters. The van der Waals surface area contributed by atoms with E-state index in [4.69, 9.17) is 5.73 Å². The molecule has 0 aliphatic heterocycles. The Labute approximate surface area is 79.5 Å². The van der Waals surface area contributed by atoms with E-state index in [0.29, 0.717) is 0 Å². The van der Waals surface area contributed by atoms with Gasteiger partial charge in [-0.25, -0.2) is 0 Å². The topological polar surface area (TPSA) is 46.2 Å². The molecule has 0 radical (unpaired) electrons. The van der Waals surface area contributed by atoms with Crippen LogP contribution in [0.1, 0.15) is 17.2 Å². The van der Waals surface area contributed by atoms with E-state index in [9.17, 15) is 5.11 Å². The van der Waals surface area contributed by atoms with Crippen molar-refractivity contribution in [2.24, 2.45) is 5.73 Å². The number of hydrogen-bond donors (Lipinski definition) is 2. The van der Waals surface area contributed by atoms with E-state index in [-0.39, 0.29) is 6.04 Å². The molecule has 0 spiro atoms. The fourth-order valence-corrected chi connectivity index (χ4v) is 2.00. The van der Waals surface area contributed by atoms with Crippen LogP contribution in [0.5, 0.6) is 0 Å². The first-order chi connectivity index (χ1) is 5.68. The summed E-state index contributed by atoms with van der Waals surface area (Å²) in [7, 11) is 0. The van der Waals surface area contributed by atoms with Gasteiger partial charge >= 0.3 is 0 Å². The second kappa shape index (κ2) is 2.83. The SMILES string of the molecule is N[C@H]1Cc2ccc(Br)cc2[C@@H]1O. The number of aliphatic hydroxyl groups excluding tert-OH is 1. The number of fused-ring (bicyclic) bond motifs is 1. The van der Waals surface area contributed by atoms with Crippen LogP contribution in [0.4, 0.5) is 0 Å². The Hall–Kier alpha value is -0.380. The second-order valence-corrected chi connectivity index (χ2v) is 4.07. The molecular formula is C9H10BrNO. The number of aliphatic hydroxyl groups is 1. The molecule has 0 amide bonds. The molecule has 0 fully saturated rings. The van der Waals surface area contributed by atoms with Gasteiger partial charge in [-0.1, -0.05) is 22.0 Å². The molecular weight excluding hydrogens is 218 g/mol. The molecule has 1 aliphatic rings. The predicted octanol–water partition coefficient (Wildman–Crippen LogP) is 1.37. The highest BCUT2D eigenvalue weighted by atomic mass is 79.9. The summed E-state index contributed by atoms with van der Waals surface area (Å²) in [5, 5.41) is 9.63. The van der Waals surface area contributed by atoms with Gasteiger partial charge in [-0.2, -0.15) is 0 Å². The first-order valence-corrected chi connectivity index (χ1v) is 4.70. The smallest absolute Gasteiger partial charge is 0.0947 e. The third-order valence-corrected chi connectivity index (χ3v) is 2.78. The van der Waals surface area contributed by atoms with Crippen LogP contribution in [0.2, 0.25) is 0 Å². The Bertz CT molecular complexity index is 313. The minimum atomic E-state index is -0.488. The van der Waals surface area contributed by atoms with Crippen molar-refractivity contribution in [1.29, 1.82) is 0 Å². The van der Waals surface area contributed by atoms with E-state index in [1.807, 2.05) is 18.2 Å². The molecule has 64 valence electrons. The molecule has 2 nitrogen and oxygen atoms in total. The molecule has 3 heteroatoms. The molecule has 1 aliphatic carbocycles. The Morgan fingerprint density at radius 1 is 1.50 bits per heavy atom. The molecule has 0 unspecified atom stereocenters. The zero-order chi connectivity index (χ0) is 8.72. The van der Waals surface area contributed by atoms with E-state index in [2.05, 4.69) is 15.9 Å². The van der Waals surface area contributed by atoms with Crippen molar-refractivity contribution in [3.63, 3.8) is 0 Å². The molecule has 0 saturated heterocycles. The lowest BCUT2D eigenvalue weighted by atomic mass is 10.1. The minimum Gasteiger partial charge on any atom is -0.387 e. The Kier molecular flexibility index (Phi) is 1.94. The first-order valence-electron chi connectivity index (χ1n) is 3.90. The fourth-order valence-electron chi connectivity index (χ4n) is 1.62. The first kappa shape index (κ1) is 8.23. The van der Waals surface area contributed by atoms with E-state index in [1.54, 1.807) is 0 Å². The molecule has 0 heterocycles. The zero-order valence-corrected chi connectivity index (χ0v) is 8.08. The number of benzene rings is 1. The molecule has 0 saturated carbocycles. The van der Waals surface area contributed by atoms with Crippen molar-refractivity contribution >= 4 is 15.9 Å². The largest absolute Gasteiger partial charge is 0.387 e. The third kappa shape index (κ3) is 1.18. The lowest BCUT2D eigenvalue weighted by molar-refractivity contribution is 0.159. The molecule has 0 aromatic heterocycles. The summed E-state index contributed by atoms with van der Waals surface area (Å²) in [5.74, 6) is 0. The normalized spacial score (nSPS) is 27.2. The lowest BCUT2D eigenvalue weighted by Gasteiger charge is -2.08. The standard InChI is InChI=1S/C9H10BrNO/c10-6-2-1-5-3-8(11)9(12)7(5)4-6/h1-2,4,8-9,12H,3,11H2/t8-,9-/m0/s1. The van der Waals surface area contributed by atoms with Gasteiger partial charge in [0.05, 0.1) is 6.10 Å². The molecule has 3 N–H and O–H groups in total. The van der Waals surface area contributed by atoms with Gasteiger partial charge in [0.15, 0.2) is 0 Å². The highest BCUT2D eigenvalue weighted by molar-refractivity contribution is 9.10. The van der Waals surface area contributed by atoms with Crippen LogP contribution in [0, 0.1) is 0 Å². The maximum Gasteiger partial charge on any atom is 0.0947 e. The maximum absolute atomic E-state index is 9.63. The van der Waals surface area contributed by atoms with Gasteiger partial charge in [-0.05, 0) is 29.7 Å². The Morgan fingerprint density at radius 3 is 3.00 bits per heavy atom. The summed E-state index contributed by atoms with van der Waals surface area (Å²) in [5.41, 5.74) is 7.85. The average molecular weight is 228 g/mol. The fraction of sp³-hybridized carbons (Fsp3) is 0.333. The number of rotatable bonds is 0. The average Bonchev–Trinajstić information content (AvgIpc) is 2.31. The summed E-state index contributed by atoms with van der Waals surface area (Å²) in [4.78, 5) is 0. The lowest BCUT2D eigenvalue weighted by Crippen LogP contribution is -2.24. The van der Waals surface area contributed by atoms with Crippen LogP contribution < -0.4 is 5.73 Å². The predicted molar refractivity (Wildman–Crippen MR) is 50.8 cm³/mol. The monoisotopic (exact) mass is 227 g/mol. The van der Waals surface area contributed by atoms with Gasteiger partial charge in [0.1, 0.15) is 0 Å². The van der Waals surface area contributed by atoms with Crippen LogP contribution in [-0.4, -0.2) is 11.1 Å². The summed E-state index contributed by atoms with van der Waals surface area (Å²) in [6.07, 6.45) is 0.293.